The molecule has 1 heterocycles. The maximum Gasteiger partial charge on any atom is 0.277 e. The van der Waals surface area contributed by atoms with E-state index in [-0.39, 0.29) is 24.2 Å². The Morgan fingerprint density at radius 1 is 1.03 bits per heavy atom. The summed E-state index contributed by atoms with van der Waals surface area (Å²) in [4.78, 5) is 44.8. The minimum atomic E-state index is -0.820. The first-order chi connectivity index (χ1) is 15.8. The highest BCUT2D eigenvalue weighted by molar-refractivity contribution is 5.95. The third kappa shape index (κ3) is 5.76. The first kappa shape index (κ1) is 23.1. The predicted molar refractivity (Wildman–Crippen MR) is 117 cm³/mol. The van der Waals surface area contributed by atoms with Crippen molar-refractivity contribution in [3.8, 4) is 17.0 Å². The standard InChI is InChI=1S/C21H19N5O7/c1-2-33-18-5-3-14(4-6-18)19-7-8-20(27)24(23-19)10-9-22-21(28)15-11-16(25(29)30)13-17(12-15)26(31)32/h3-8,11-13H,2,9-10H2,1H3,(H,22,28). The minimum absolute atomic E-state index is 0.0203. The number of rotatable bonds is 9. The number of ether oxygens (including phenoxy) is 1. The van der Waals surface area contributed by atoms with E-state index >= 15 is 0 Å². The van der Waals surface area contributed by atoms with Crippen LogP contribution < -0.4 is 15.6 Å². The lowest BCUT2D eigenvalue weighted by Crippen LogP contribution is -2.32. The molecular weight excluding hydrogens is 434 g/mol. The van der Waals surface area contributed by atoms with E-state index in [9.17, 15) is 29.8 Å². The van der Waals surface area contributed by atoms with Crippen molar-refractivity contribution >= 4 is 17.3 Å². The predicted octanol–water partition coefficient (Wildman–Crippen LogP) is 2.56. The molecule has 3 rings (SSSR count). The molecule has 0 aliphatic rings. The number of benzene rings is 2. The molecule has 0 unspecified atom stereocenters. The maximum absolute atomic E-state index is 12.4. The number of nitrogens with zero attached hydrogens (tertiary/aromatic N) is 4. The monoisotopic (exact) mass is 453 g/mol. The van der Waals surface area contributed by atoms with Gasteiger partial charge in [0.2, 0.25) is 0 Å². The number of hydrogen-bond donors (Lipinski definition) is 1. The molecule has 0 saturated carbocycles. The lowest BCUT2D eigenvalue weighted by atomic mass is 10.1. The number of amides is 1. The lowest BCUT2D eigenvalue weighted by molar-refractivity contribution is -0.394. The molecule has 33 heavy (non-hydrogen) atoms. The Balaban J connectivity index is 1.71. The average molecular weight is 453 g/mol. The summed E-state index contributed by atoms with van der Waals surface area (Å²) in [7, 11) is 0. The summed E-state index contributed by atoms with van der Waals surface area (Å²) in [5, 5.41) is 28.8. The number of aromatic nitrogens is 2. The SMILES string of the molecule is CCOc1ccc(-c2ccc(=O)n(CCNC(=O)c3cc([N+](=O)[O-])cc([N+](=O)[O-])c3)n2)cc1. The van der Waals surface area contributed by atoms with Crippen LogP contribution in [0.4, 0.5) is 11.4 Å². The van der Waals surface area contributed by atoms with Crippen LogP contribution in [0, 0.1) is 20.2 Å². The summed E-state index contributed by atoms with van der Waals surface area (Å²) >= 11 is 0. The molecule has 0 spiro atoms. The van der Waals surface area contributed by atoms with Crippen molar-refractivity contribution in [3.63, 3.8) is 0 Å². The second-order valence-electron chi connectivity index (χ2n) is 6.75. The van der Waals surface area contributed by atoms with Crippen LogP contribution in [0.15, 0.2) is 59.4 Å². The van der Waals surface area contributed by atoms with Gasteiger partial charge < -0.3 is 10.1 Å². The Hall–Kier alpha value is -4.61. The molecule has 0 bridgehead atoms. The molecule has 1 amide bonds. The van der Waals surface area contributed by atoms with Gasteiger partial charge in [0.25, 0.3) is 22.8 Å². The highest BCUT2D eigenvalue weighted by atomic mass is 16.6. The molecule has 0 fully saturated rings. The number of hydrogen-bond acceptors (Lipinski definition) is 8. The Kier molecular flexibility index (Phi) is 7.08. The van der Waals surface area contributed by atoms with Gasteiger partial charge in [0.15, 0.2) is 0 Å². The number of nitro groups is 2. The van der Waals surface area contributed by atoms with Crippen LogP contribution in [-0.2, 0) is 6.54 Å². The molecule has 2 aromatic carbocycles. The molecule has 1 aromatic heterocycles. The Morgan fingerprint density at radius 3 is 2.24 bits per heavy atom. The molecular formula is C21H19N5O7. The van der Waals surface area contributed by atoms with Crippen molar-refractivity contribution < 1.29 is 19.4 Å². The van der Waals surface area contributed by atoms with Crippen LogP contribution in [0.5, 0.6) is 5.75 Å². The summed E-state index contributed by atoms with van der Waals surface area (Å²) in [6.45, 7) is 2.41. The summed E-state index contributed by atoms with van der Waals surface area (Å²) in [5.74, 6) is -0.0452. The van der Waals surface area contributed by atoms with Crippen LogP contribution in [0.25, 0.3) is 11.3 Å². The average Bonchev–Trinajstić information content (AvgIpc) is 2.80. The van der Waals surface area contributed by atoms with Gasteiger partial charge in [-0.05, 0) is 37.3 Å². The van der Waals surface area contributed by atoms with Crippen molar-refractivity contribution in [2.24, 2.45) is 0 Å². The van der Waals surface area contributed by atoms with Crippen molar-refractivity contribution in [1.82, 2.24) is 15.1 Å². The first-order valence-electron chi connectivity index (χ1n) is 9.82. The van der Waals surface area contributed by atoms with Crippen LogP contribution in [-0.4, -0.2) is 38.7 Å². The fraction of sp³-hybridized carbons (Fsp3) is 0.190. The zero-order valence-corrected chi connectivity index (χ0v) is 17.5. The van der Waals surface area contributed by atoms with Gasteiger partial charge in [-0.1, -0.05) is 0 Å². The molecule has 3 aromatic rings. The number of non-ortho nitro benzene ring substituents is 2. The summed E-state index contributed by atoms with van der Waals surface area (Å²) < 4.78 is 6.57. The van der Waals surface area contributed by atoms with Crippen molar-refractivity contribution in [2.75, 3.05) is 13.2 Å². The number of nitro benzene ring substituents is 2. The molecule has 0 radical (unpaired) electrons. The van der Waals surface area contributed by atoms with Crippen LogP contribution >= 0.6 is 0 Å². The third-order valence-electron chi connectivity index (χ3n) is 4.52. The summed E-state index contributed by atoms with van der Waals surface area (Å²) in [6.07, 6.45) is 0. The Morgan fingerprint density at radius 2 is 1.67 bits per heavy atom. The van der Waals surface area contributed by atoms with Gasteiger partial charge in [-0.25, -0.2) is 4.68 Å². The van der Waals surface area contributed by atoms with E-state index < -0.39 is 27.1 Å². The summed E-state index contributed by atoms with van der Waals surface area (Å²) in [5.41, 5.74) is -0.465. The highest BCUT2D eigenvalue weighted by Crippen LogP contribution is 2.23. The zero-order valence-electron chi connectivity index (χ0n) is 17.5. The van der Waals surface area contributed by atoms with E-state index in [1.54, 1.807) is 30.3 Å². The maximum atomic E-state index is 12.4. The van der Waals surface area contributed by atoms with Gasteiger partial charge in [-0.15, -0.1) is 0 Å². The van der Waals surface area contributed by atoms with Gasteiger partial charge >= 0.3 is 0 Å². The van der Waals surface area contributed by atoms with Crippen molar-refractivity contribution in [2.45, 2.75) is 13.5 Å². The Labute approximate surface area is 186 Å². The van der Waals surface area contributed by atoms with Crippen LogP contribution in [0.3, 0.4) is 0 Å². The molecule has 0 saturated heterocycles. The quantitative estimate of drug-likeness (QED) is 0.382. The second kappa shape index (κ2) is 10.1. The van der Waals surface area contributed by atoms with E-state index in [0.29, 0.717) is 18.1 Å². The van der Waals surface area contributed by atoms with E-state index in [1.165, 1.54) is 10.7 Å². The van der Waals surface area contributed by atoms with Crippen molar-refractivity contribution in [3.05, 3.63) is 90.7 Å². The fourth-order valence-corrected chi connectivity index (χ4v) is 2.97. The van der Waals surface area contributed by atoms with Crippen LogP contribution in [0.1, 0.15) is 17.3 Å². The van der Waals surface area contributed by atoms with E-state index in [4.69, 9.17) is 4.74 Å². The lowest BCUT2D eigenvalue weighted by Gasteiger charge is -2.09. The molecule has 0 aliphatic carbocycles. The van der Waals surface area contributed by atoms with Gasteiger partial charge in [0.1, 0.15) is 5.75 Å². The number of carbonyl (C=O) groups is 1. The van der Waals surface area contributed by atoms with Gasteiger partial charge in [0.05, 0.1) is 40.3 Å². The Bertz CT molecular complexity index is 1220. The van der Waals surface area contributed by atoms with E-state index in [2.05, 4.69) is 10.4 Å². The van der Waals surface area contributed by atoms with E-state index in [0.717, 1.165) is 23.8 Å². The van der Waals surface area contributed by atoms with Gasteiger partial charge in [-0.2, -0.15) is 5.10 Å². The number of nitrogens with one attached hydrogen (secondary N) is 1. The molecule has 12 heteroatoms. The first-order valence-corrected chi connectivity index (χ1v) is 9.82. The third-order valence-corrected chi connectivity index (χ3v) is 4.52. The van der Waals surface area contributed by atoms with E-state index in [1.807, 2.05) is 6.92 Å². The van der Waals surface area contributed by atoms with Crippen LogP contribution in [0.2, 0.25) is 0 Å². The van der Waals surface area contributed by atoms with Gasteiger partial charge in [-0.3, -0.25) is 29.8 Å². The smallest absolute Gasteiger partial charge is 0.277 e. The largest absolute Gasteiger partial charge is 0.494 e. The number of carbonyl (C=O) groups excluding carboxylic acids is 1. The summed E-state index contributed by atoms with van der Waals surface area (Å²) in [6, 6.07) is 12.8. The van der Waals surface area contributed by atoms with Crippen molar-refractivity contribution in [1.29, 1.82) is 0 Å². The molecule has 12 nitrogen and oxygen atoms in total. The second-order valence-corrected chi connectivity index (χ2v) is 6.75. The fourth-order valence-electron chi connectivity index (χ4n) is 2.97. The highest BCUT2D eigenvalue weighted by Gasteiger charge is 2.19. The zero-order chi connectivity index (χ0) is 24.0. The minimum Gasteiger partial charge on any atom is -0.494 e. The molecule has 0 aliphatic heterocycles. The normalized spacial score (nSPS) is 10.5. The topological polar surface area (TPSA) is 160 Å². The molecule has 1 N–H and O–H groups in total. The van der Waals surface area contributed by atoms with Gasteiger partial charge in [0, 0.05) is 30.3 Å². The molecule has 0 atom stereocenters. The molecule has 170 valence electrons.